The third-order valence-electron chi connectivity index (χ3n) is 4.71. The fraction of sp³-hybridized carbons (Fsp3) is 0.185. The van der Waals surface area contributed by atoms with E-state index in [9.17, 15) is 28.0 Å². The Bertz CT molecular complexity index is 967. The number of imide groups is 2. The first-order chi connectivity index (χ1) is 17.1. The van der Waals surface area contributed by atoms with E-state index in [0.29, 0.717) is 14.4 Å². The van der Waals surface area contributed by atoms with Gasteiger partial charge in [-0.05, 0) is 24.3 Å². The zero-order chi connectivity index (χ0) is 26.4. The van der Waals surface area contributed by atoms with Gasteiger partial charge in [0.1, 0.15) is 6.67 Å². The Balaban J connectivity index is 0.000000431. The van der Waals surface area contributed by atoms with Gasteiger partial charge in [0.2, 0.25) is 0 Å². The zero-order valence-electron chi connectivity index (χ0n) is 20.1. The molecule has 2 heterocycles. The first kappa shape index (κ1) is 28.8. The molecule has 8 heteroatoms. The van der Waals surface area contributed by atoms with Gasteiger partial charge in [-0.15, -0.1) is 0 Å². The number of rotatable bonds is 2. The van der Waals surface area contributed by atoms with Crippen LogP contribution in [0.5, 0.6) is 0 Å². The maximum absolute atomic E-state index is 12.3. The maximum atomic E-state index is 12.3. The number of hydrogen-bond donors (Lipinski definition) is 0. The van der Waals surface area contributed by atoms with E-state index in [1.165, 1.54) is 0 Å². The molecule has 2 aliphatic heterocycles. The van der Waals surface area contributed by atoms with E-state index in [-0.39, 0.29) is 28.9 Å². The molecule has 0 bridgehead atoms. The van der Waals surface area contributed by atoms with Gasteiger partial charge in [-0.3, -0.25) is 37.8 Å². The number of carbonyl (C=O) groups excluding carboxylic acids is 4. The molecule has 0 N–H and O–H groups in total. The Labute approximate surface area is 203 Å². The number of nitrogens with zero attached hydrogens (tertiary/aromatic N) is 2. The van der Waals surface area contributed by atoms with Crippen molar-refractivity contribution < 1.29 is 28.0 Å². The van der Waals surface area contributed by atoms with Crippen LogP contribution in [0.3, 0.4) is 0 Å². The topological polar surface area (TPSA) is 74.8 Å². The quantitative estimate of drug-likeness (QED) is 0.457. The highest BCUT2D eigenvalue weighted by molar-refractivity contribution is 6.24. The average Bonchev–Trinajstić information content (AvgIpc) is 3.34. The van der Waals surface area contributed by atoms with E-state index in [4.69, 9.17) is 0 Å². The molecule has 0 unspecified atom stereocenters. The van der Waals surface area contributed by atoms with Gasteiger partial charge in [0.25, 0.3) is 23.6 Å². The molecule has 3 aromatic rings. The molecule has 0 saturated carbocycles. The minimum absolute atomic E-state index is 0.286. The van der Waals surface area contributed by atoms with Gasteiger partial charge in [0.15, 0.2) is 0 Å². The number of halogens is 2. The lowest BCUT2D eigenvalue weighted by molar-refractivity contribution is 0.0471. The number of fused-ring (bicyclic) bond motifs is 2. The number of amides is 4. The van der Waals surface area contributed by atoms with Crippen LogP contribution in [-0.4, -0.2) is 54.5 Å². The van der Waals surface area contributed by atoms with E-state index in [1.54, 1.807) is 48.5 Å². The first-order valence-electron chi connectivity index (χ1n) is 10.8. The predicted octanol–water partition coefficient (Wildman–Crippen LogP) is 5.42. The summed E-state index contributed by atoms with van der Waals surface area (Å²) >= 11 is 0. The molecule has 0 atom stereocenters. The van der Waals surface area contributed by atoms with Gasteiger partial charge in [0.05, 0.1) is 36.6 Å². The summed E-state index contributed by atoms with van der Waals surface area (Å²) in [7, 11) is 1.00. The molecule has 0 saturated heterocycles. The lowest BCUT2D eigenvalue weighted by atomic mass is 10.1. The molecule has 2 aliphatic rings. The van der Waals surface area contributed by atoms with Gasteiger partial charge >= 0.3 is 0 Å². The molecule has 0 aliphatic carbocycles. The summed E-state index contributed by atoms with van der Waals surface area (Å²) in [5.41, 5.74) is 1.14. The van der Waals surface area contributed by atoms with Crippen molar-refractivity contribution in [3.8, 4) is 0 Å². The Hall–Kier alpha value is -4.20. The summed E-state index contributed by atoms with van der Waals surface area (Å²) in [4.78, 5) is 51.2. The standard InChI is InChI=1S/C17H10N2O4.C6H6.C2H6.2CH3F/c20-14-10-5-1-2-6-11(10)15(21)18(14)9-19-16(22)12-7-3-4-8-13(12)17(19)23;1-2-4-6-5-3-1;3*1-2/h1-8H,9H2;1-6H;1-2H3;2*1H3. The fourth-order valence-corrected chi connectivity index (χ4v) is 3.26. The van der Waals surface area contributed by atoms with Gasteiger partial charge in [-0.2, -0.15) is 0 Å². The number of hydrogen-bond acceptors (Lipinski definition) is 4. The summed E-state index contributed by atoms with van der Waals surface area (Å²) in [6, 6.07) is 24.9. The fourth-order valence-electron chi connectivity index (χ4n) is 3.26. The molecule has 3 aromatic carbocycles. The zero-order valence-corrected chi connectivity index (χ0v) is 20.1. The second kappa shape index (κ2) is 14.8. The van der Waals surface area contributed by atoms with Crippen molar-refractivity contribution in [2.75, 3.05) is 21.0 Å². The lowest BCUT2D eigenvalue weighted by Crippen LogP contribution is -2.43. The lowest BCUT2D eigenvalue weighted by Gasteiger charge is -2.20. The van der Waals surface area contributed by atoms with Crippen molar-refractivity contribution in [1.29, 1.82) is 0 Å². The highest BCUT2D eigenvalue weighted by Crippen LogP contribution is 2.26. The van der Waals surface area contributed by atoms with E-state index in [1.807, 2.05) is 50.2 Å². The third-order valence-corrected chi connectivity index (χ3v) is 4.71. The van der Waals surface area contributed by atoms with Crippen molar-refractivity contribution in [1.82, 2.24) is 9.80 Å². The van der Waals surface area contributed by atoms with Crippen LogP contribution in [0, 0.1) is 0 Å². The van der Waals surface area contributed by atoms with Crippen LogP contribution in [0.25, 0.3) is 0 Å². The monoisotopic (exact) mass is 482 g/mol. The van der Waals surface area contributed by atoms with E-state index in [2.05, 4.69) is 0 Å². The molecule has 4 amide bonds. The van der Waals surface area contributed by atoms with Gasteiger partial charge in [0, 0.05) is 0 Å². The minimum atomic E-state index is -0.498. The van der Waals surface area contributed by atoms with Crippen molar-refractivity contribution in [2.45, 2.75) is 13.8 Å². The summed E-state index contributed by atoms with van der Waals surface area (Å²) in [6.07, 6.45) is 0. The van der Waals surface area contributed by atoms with E-state index >= 15 is 0 Å². The number of alkyl halides is 2. The normalized spacial score (nSPS) is 12.5. The summed E-state index contributed by atoms with van der Waals surface area (Å²) < 4.78 is 19.0. The molecule has 0 radical (unpaired) electrons. The third kappa shape index (κ3) is 6.44. The van der Waals surface area contributed by atoms with Crippen LogP contribution in [0.2, 0.25) is 0 Å². The molecular formula is C27H28F2N2O4. The summed E-state index contributed by atoms with van der Waals surface area (Å²) in [6.45, 7) is 3.62. The van der Waals surface area contributed by atoms with Crippen molar-refractivity contribution in [3.63, 3.8) is 0 Å². The van der Waals surface area contributed by atoms with Gasteiger partial charge < -0.3 is 0 Å². The van der Waals surface area contributed by atoms with Crippen LogP contribution in [-0.2, 0) is 0 Å². The predicted molar refractivity (Wildman–Crippen MR) is 131 cm³/mol. The van der Waals surface area contributed by atoms with Crippen LogP contribution >= 0.6 is 0 Å². The van der Waals surface area contributed by atoms with Crippen molar-refractivity contribution in [3.05, 3.63) is 107 Å². The highest BCUT2D eigenvalue weighted by atomic mass is 19.1. The second-order valence-electron chi connectivity index (χ2n) is 6.46. The Morgan fingerprint density at radius 2 is 0.657 bits per heavy atom. The van der Waals surface area contributed by atoms with Crippen LogP contribution in [0.4, 0.5) is 8.78 Å². The molecule has 5 rings (SSSR count). The van der Waals surface area contributed by atoms with E-state index < -0.39 is 23.6 Å². The number of benzene rings is 3. The Morgan fingerprint density at radius 1 is 0.457 bits per heavy atom. The first-order valence-corrected chi connectivity index (χ1v) is 10.8. The number of carbonyl (C=O) groups is 4. The van der Waals surface area contributed by atoms with Crippen LogP contribution < -0.4 is 0 Å². The van der Waals surface area contributed by atoms with Gasteiger partial charge in [-0.1, -0.05) is 74.5 Å². The largest absolute Gasteiger partial charge is 0.269 e. The molecule has 0 aromatic heterocycles. The van der Waals surface area contributed by atoms with Crippen LogP contribution in [0.1, 0.15) is 55.3 Å². The van der Waals surface area contributed by atoms with E-state index in [0.717, 1.165) is 9.80 Å². The Kier molecular flexibility index (Phi) is 12.2. The van der Waals surface area contributed by atoms with Crippen molar-refractivity contribution in [2.24, 2.45) is 0 Å². The smallest absolute Gasteiger partial charge is 0.263 e. The van der Waals surface area contributed by atoms with Gasteiger partial charge in [-0.25, -0.2) is 0 Å². The molecule has 6 nitrogen and oxygen atoms in total. The molecule has 184 valence electrons. The minimum Gasteiger partial charge on any atom is -0.269 e. The maximum Gasteiger partial charge on any atom is 0.263 e. The summed E-state index contributed by atoms with van der Waals surface area (Å²) in [5.74, 6) is -1.99. The molecule has 0 fully saturated rings. The second-order valence-corrected chi connectivity index (χ2v) is 6.46. The van der Waals surface area contributed by atoms with Crippen molar-refractivity contribution >= 4 is 23.6 Å². The van der Waals surface area contributed by atoms with Crippen LogP contribution in [0.15, 0.2) is 84.9 Å². The molecule has 35 heavy (non-hydrogen) atoms. The highest BCUT2D eigenvalue weighted by Gasteiger charge is 2.41. The molecular weight excluding hydrogens is 454 g/mol. The summed E-state index contributed by atoms with van der Waals surface area (Å²) in [5, 5.41) is 0. The average molecular weight is 483 g/mol. The SMILES string of the molecule is CC.CF.CF.O=C1c2ccccc2C(=O)N1CN1C(=O)c2ccccc2C1=O.c1ccccc1. The Morgan fingerprint density at radius 3 is 0.857 bits per heavy atom. The molecule has 0 spiro atoms.